The monoisotopic (exact) mass is 514 g/mol. The molecule has 29 heavy (non-hydrogen) atoms. The van der Waals surface area contributed by atoms with E-state index in [9.17, 15) is 4.79 Å². The molecule has 0 amide bonds. The Labute approximate surface area is 184 Å². The first-order chi connectivity index (χ1) is 13.6. The molecule has 2 rings (SSSR count). The number of hydrogen-bond acceptors (Lipinski definition) is 3. The Hall–Kier alpha value is -0.0313. The van der Waals surface area contributed by atoms with Crippen molar-refractivity contribution in [2.75, 3.05) is 0 Å². The van der Waals surface area contributed by atoms with Gasteiger partial charge in [-0.05, 0) is 0 Å². The summed E-state index contributed by atoms with van der Waals surface area (Å²) in [6, 6.07) is 0. The number of carbonyl (C=O) groups is 1. The van der Waals surface area contributed by atoms with Crippen LogP contribution in [-0.4, -0.2) is 41.7 Å². The Morgan fingerprint density at radius 1 is 1.00 bits per heavy atom. The van der Waals surface area contributed by atoms with Gasteiger partial charge in [0.2, 0.25) is 0 Å². The first-order valence-corrected chi connectivity index (χ1v) is 19.9. The molecular weight excluding hydrogens is 467 g/mol. The van der Waals surface area contributed by atoms with Crippen molar-refractivity contribution < 1.29 is 14.3 Å². The van der Waals surface area contributed by atoms with E-state index in [2.05, 4.69) is 51.7 Å². The Kier molecular flexibility index (Phi) is 8.75. The Morgan fingerprint density at radius 3 is 1.93 bits per heavy atom. The third-order valence-electron chi connectivity index (χ3n) is 7.58. The fraction of sp³-hybridized carbons (Fsp3) is 0.880. The Morgan fingerprint density at radius 2 is 1.52 bits per heavy atom. The summed E-state index contributed by atoms with van der Waals surface area (Å²) in [4.78, 5) is 11.5. The summed E-state index contributed by atoms with van der Waals surface area (Å²) < 4.78 is 19.4. The van der Waals surface area contributed by atoms with Crippen molar-refractivity contribution in [2.24, 2.45) is 5.41 Å². The van der Waals surface area contributed by atoms with E-state index in [-0.39, 0.29) is 28.7 Å². The van der Waals surface area contributed by atoms with E-state index in [0.717, 1.165) is 12.8 Å². The normalized spacial score (nSPS) is 30.9. The molecule has 0 unspecified atom stereocenters. The second-order valence-electron chi connectivity index (χ2n) is 10.6. The van der Waals surface area contributed by atoms with E-state index in [4.69, 9.17) is 9.47 Å². The molecule has 1 saturated carbocycles. The van der Waals surface area contributed by atoms with Crippen LogP contribution in [0.2, 0.25) is 13.3 Å². The minimum atomic E-state index is -2.34. The van der Waals surface area contributed by atoms with Crippen molar-refractivity contribution in [3.63, 3.8) is 0 Å². The van der Waals surface area contributed by atoms with Gasteiger partial charge in [-0.25, -0.2) is 0 Å². The van der Waals surface area contributed by atoms with Crippen LogP contribution in [0.25, 0.3) is 0 Å². The molecule has 0 aromatic heterocycles. The minimum absolute atomic E-state index is 0.0194. The second kappa shape index (κ2) is 10.1. The molecule has 0 aromatic carbocycles. The van der Waals surface area contributed by atoms with E-state index in [1.807, 2.05) is 0 Å². The number of ether oxygens (including phenoxy) is 2. The molecule has 0 spiro atoms. The van der Waals surface area contributed by atoms with E-state index in [0.29, 0.717) is 0 Å². The van der Waals surface area contributed by atoms with Crippen molar-refractivity contribution in [1.82, 2.24) is 0 Å². The molecule has 168 valence electrons. The molecule has 2 fully saturated rings. The van der Waals surface area contributed by atoms with E-state index < -0.39 is 18.4 Å². The first kappa shape index (κ1) is 25.2. The van der Waals surface area contributed by atoms with Gasteiger partial charge in [-0.3, -0.25) is 0 Å². The summed E-state index contributed by atoms with van der Waals surface area (Å²) in [5, 5.41) is 0. The van der Waals surface area contributed by atoms with Crippen LogP contribution in [0.4, 0.5) is 0 Å². The number of unbranched alkanes of at least 4 members (excludes halogenated alkanes) is 3. The SMILES string of the molecule is CCC[CH2][Sn](/[CH]=C/[C@@]12O[C@]1(C)C[C@@H](OC(C)=O)CC2(C)C)([CH2]CCC)[CH2]CCC. The molecule has 0 N–H and O–H groups in total. The summed E-state index contributed by atoms with van der Waals surface area (Å²) >= 11 is -2.34. The topological polar surface area (TPSA) is 38.8 Å². The molecule has 3 nitrogen and oxygen atoms in total. The molecule has 1 saturated heterocycles. The number of hydrogen-bond donors (Lipinski definition) is 0. The van der Waals surface area contributed by atoms with Gasteiger partial charge < -0.3 is 0 Å². The molecular formula is C25H46O3Sn. The fourth-order valence-corrected chi connectivity index (χ4v) is 20.2. The molecule has 0 radical (unpaired) electrons. The van der Waals surface area contributed by atoms with Crippen molar-refractivity contribution in [3.05, 3.63) is 10.2 Å². The second-order valence-corrected chi connectivity index (χ2v) is 23.6. The van der Waals surface area contributed by atoms with E-state index in [1.54, 1.807) is 0 Å². The molecule has 0 bridgehead atoms. The van der Waals surface area contributed by atoms with Crippen molar-refractivity contribution in [3.8, 4) is 0 Å². The van der Waals surface area contributed by atoms with Gasteiger partial charge >= 0.3 is 185 Å². The third-order valence-corrected chi connectivity index (χ3v) is 21.6. The zero-order valence-corrected chi connectivity index (χ0v) is 23.1. The predicted octanol–water partition coefficient (Wildman–Crippen LogP) is 7.21. The van der Waals surface area contributed by atoms with Gasteiger partial charge in [-0.15, -0.1) is 0 Å². The standard InChI is InChI=1S/C13H19O3.3C4H9.Sn/c1-6-13-11(3,4)7-10(15-9(2)14)8-12(13,5)16-13;3*1-3-4-2;/h1,6,10H,7-8H2,2-5H3;3*1,3-4H2,2H3;/t10-,12+,13-;;;;/m0..../s1. The van der Waals surface area contributed by atoms with Crippen LogP contribution in [0.15, 0.2) is 10.2 Å². The van der Waals surface area contributed by atoms with Crippen molar-refractivity contribution >= 4 is 24.3 Å². The van der Waals surface area contributed by atoms with Gasteiger partial charge in [0.25, 0.3) is 0 Å². The number of fused-ring (bicyclic) bond motifs is 1. The summed E-state index contributed by atoms with van der Waals surface area (Å²) in [5.74, 6) is -0.174. The summed E-state index contributed by atoms with van der Waals surface area (Å²) in [5.41, 5.74) is -0.388. The van der Waals surface area contributed by atoms with Crippen LogP contribution < -0.4 is 0 Å². The first-order valence-electron chi connectivity index (χ1n) is 12.2. The number of carbonyl (C=O) groups excluding carboxylic acids is 1. The van der Waals surface area contributed by atoms with Gasteiger partial charge in [0, 0.05) is 0 Å². The van der Waals surface area contributed by atoms with E-state index >= 15 is 0 Å². The number of esters is 1. The van der Waals surface area contributed by atoms with Crippen LogP contribution in [-0.2, 0) is 14.3 Å². The quantitative estimate of drug-likeness (QED) is 0.157. The van der Waals surface area contributed by atoms with Crippen molar-refractivity contribution in [1.29, 1.82) is 0 Å². The van der Waals surface area contributed by atoms with Crippen LogP contribution in [0.1, 0.15) is 99.8 Å². The van der Waals surface area contributed by atoms with Gasteiger partial charge in [0.05, 0.1) is 0 Å². The van der Waals surface area contributed by atoms with Crippen LogP contribution in [0, 0.1) is 5.41 Å². The maximum atomic E-state index is 11.5. The zero-order chi connectivity index (χ0) is 21.8. The molecule has 1 heterocycles. The summed E-state index contributed by atoms with van der Waals surface area (Å²) in [6.07, 6.45) is 12.3. The average Bonchev–Trinajstić information content (AvgIpc) is 3.26. The van der Waals surface area contributed by atoms with Crippen LogP contribution in [0.5, 0.6) is 0 Å². The third kappa shape index (κ3) is 5.61. The summed E-state index contributed by atoms with van der Waals surface area (Å²) in [7, 11) is 0. The molecule has 3 atom stereocenters. The van der Waals surface area contributed by atoms with Gasteiger partial charge in [-0.1, -0.05) is 0 Å². The zero-order valence-electron chi connectivity index (χ0n) is 20.2. The number of rotatable bonds is 12. The molecule has 1 aliphatic carbocycles. The van der Waals surface area contributed by atoms with Crippen LogP contribution >= 0.6 is 0 Å². The van der Waals surface area contributed by atoms with Gasteiger partial charge in [-0.2, -0.15) is 0 Å². The summed E-state index contributed by atoms with van der Waals surface area (Å²) in [6.45, 7) is 15.4. The Bertz CT molecular complexity index is 563. The molecule has 2 aliphatic rings. The Balaban J connectivity index is 2.27. The van der Waals surface area contributed by atoms with E-state index in [1.165, 1.54) is 58.8 Å². The predicted molar refractivity (Wildman–Crippen MR) is 125 cm³/mol. The molecule has 0 aromatic rings. The van der Waals surface area contributed by atoms with Crippen molar-refractivity contribution in [2.45, 2.75) is 130 Å². The van der Waals surface area contributed by atoms with Gasteiger partial charge in [0.1, 0.15) is 0 Å². The number of epoxide rings is 1. The average molecular weight is 513 g/mol. The van der Waals surface area contributed by atoms with Crippen LogP contribution in [0.3, 0.4) is 0 Å². The fourth-order valence-electron chi connectivity index (χ4n) is 5.86. The molecule has 4 heteroatoms. The molecule has 1 aliphatic heterocycles. The van der Waals surface area contributed by atoms with Gasteiger partial charge in [0.15, 0.2) is 0 Å². The maximum absolute atomic E-state index is 11.5.